The number of amides is 1. The van der Waals surface area contributed by atoms with E-state index in [0.717, 1.165) is 0 Å². The quantitative estimate of drug-likeness (QED) is 0.656. The molecular formula is C10H20N2O3. The molecule has 0 aliphatic rings. The van der Waals surface area contributed by atoms with Crippen LogP contribution in [0.15, 0.2) is 0 Å². The van der Waals surface area contributed by atoms with E-state index in [1.54, 1.807) is 7.05 Å². The summed E-state index contributed by atoms with van der Waals surface area (Å²) >= 11 is 0. The molecule has 1 atom stereocenters. The second kappa shape index (κ2) is 6.40. The first kappa shape index (κ1) is 13.9. The molecule has 1 amide bonds. The molecular weight excluding hydrogens is 196 g/mol. The molecule has 15 heavy (non-hydrogen) atoms. The zero-order valence-electron chi connectivity index (χ0n) is 9.82. The fourth-order valence-electron chi connectivity index (χ4n) is 1.45. The van der Waals surface area contributed by atoms with Gasteiger partial charge in [0.2, 0.25) is 5.91 Å². The minimum atomic E-state index is -0.533. The summed E-state index contributed by atoms with van der Waals surface area (Å²) < 4.78 is 4.66. The number of hydrogen-bond acceptors (Lipinski definition) is 4. The molecule has 0 saturated carbocycles. The number of carbonyl (C=O) groups is 2. The number of nitrogens with zero attached hydrogens (tertiary/aromatic N) is 1. The molecule has 0 fully saturated rings. The highest BCUT2D eigenvalue weighted by molar-refractivity contribution is 5.84. The van der Waals surface area contributed by atoms with E-state index in [2.05, 4.69) is 4.74 Å². The summed E-state index contributed by atoms with van der Waals surface area (Å²) in [4.78, 5) is 24.4. The Labute approximate surface area is 90.6 Å². The van der Waals surface area contributed by atoms with E-state index in [0.29, 0.717) is 0 Å². The average molecular weight is 216 g/mol. The van der Waals surface area contributed by atoms with Crippen LogP contribution in [0, 0.1) is 5.92 Å². The zero-order chi connectivity index (χ0) is 12.0. The highest BCUT2D eigenvalue weighted by Crippen LogP contribution is 2.11. The topological polar surface area (TPSA) is 72.6 Å². The van der Waals surface area contributed by atoms with Crippen molar-refractivity contribution in [1.29, 1.82) is 0 Å². The first-order valence-corrected chi connectivity index (χ1v) is 4.99. The number of carbonyl (C=O) groups excluding carboxylic acids is 2. The highest BCUT2D eigenvalue weighted by Gasteiger charge is 2.29. The van der Waals surface area contributed by atoms with Crippen molar-refractivity contribution in [2.75, 3.05) is 20.7 Å². The van der Waals surface area contributed by atoms with Crippen LogP contribution in [-0.2, 0) is 14.3 Å². The van der Waals surface area contributed by atoms with E-state index < -0.39 is 12.0 Å². The number of hydrogen-bond donors (Lipinski definition) is 1. The Morgan fingerprint density at radius 3 is 2.27 bits per heavy atom. The minimum Gasteiger partial charge on any atom is -0.467 e. The largest absolute Gasteiger partial charge is 0.467 e. The predicted molar refractivity (Wildman–Crippen MR) is 57.1 cm³/mol. The first-order chi connectivity index (χ1) is 6.95. The van der Waals surface area contributed by atoms with Gasteiger partial charge in [-0.25, -0.2) is 4.79 Å². The highest BCUT2D eigenvalue weighted by atomic mass is 16.5. The van der Waals surface area contributed by atoms with Gasteiger partial charge < -0.3 is 15.4 Å². The molecule has 5 heteroatoms. The van der Waals surface area contributed by atoms with Gasteiger partial charge in [0.15, 0.2) is 0 Å². The first-order valence-electron chi connectivity index (χ1n) is 4.99. The Hall–Kier alpha value is -1.10. The predicted octanol–water partition coefficient (Wildman–Crippen LogP) is -0.00880. The molecule has 0 heterocycles. The fraction of sp³-hybridized carbons (Fsp3) is 0.800. The van der Waals surface area contributed by atoms with Gasteiger partial charge in [-0.2, -0.15) is 0 Å². The molecule has 0 bridgehead atoms. The summed E-state index contributed by atoms with van der Waals surface area (Å²) in [7, 11) is 2.92. The van der Waals surface area contributed by atoms with Crippen molar-refractivity contribution in [3.63, 3.8) is 0 Å². The van der Waals surface area contributed by atoms with Crippen molar-refractivity contribution in [2.24, 2.45) is 11.7 Å². The minimum absolute atomic E-state index is 0.0178. The van der Waals surface area contributed by atoms with Crippen LogP contribution in [0.25, 0.3) is 0 Å². The number of esters is 1. The maximum atomic E-state index is 11.5. The Balaban J connectivity index is 4.62. The van der Waals surface area contributed by atoms with Crippen LogP contribution in [0.1, 0.15) is 20.3 Å². The summed E-state index contributed by atoms with van der Waals surface area (Å²) in [6, 6.07) is -0.533. The van der Waals surface area contributed by atoms with E-state index >= 15 is 0 Å². The molecule has 2 N–H and O–H groups in total. The number of rotatable bonds is 5. The summed E-state index contributed by atoms with van der Waals surface area (Å²) in [5.74, 6) is -0.511. The number of ether oxygens (including phenoxy) is 1. The van der Waals surface area contributed by atoms with Crippen LogP contribution < -0.4 is 5.73 Å². The van der Waals surface area contributed by atoms with Crippen LogP contribution in [-0.4, -0.2) is 43.5 Å². The van der Waals surface area contributed by atoms with Crippen LogP contribution in [0.5, 0.6) is 0 Å². The third-order valence-electron chi connectivity index (χ3n) is 2.24. The maximum Gasteiger partial charge on any atom is 0.328 e. The number of methoxy groups -OCH3 is 1. The monoisotopic (exact) mass is 216 g/mol. The molecule has 5 nitrogen and oxygen atoms in total. The van der Waals surface area contributed by atoms with Gasteiger partial charge in [-0.1, -0.05) is 13.8 Å². The molecule has 0 unspecified atom stereocenters. The van der Waals surface area contributed by atoms with E-state index in [1.165, 1.54) is 12.0 Å². The van der Waals surface area contributed by atoms with Crippen molar-refractivity contribution < 1.29 is 14.3 Å². The van der Waals surface area contributed by atoms with Gasteiger partial charge in [-0.15, -0.1) is 0 Å². The standard InChI is InChI=1S/C10H20N2O3/c1-7(2)9(10(14)15-4)12(3)8(13)5-6-11/h7,9H,5-6,11H2,1-4H3/t9-/m0/s1. The van der Waals surface area contributed by atoms with Crippen LogP contribution >= 0.6 is 0 Å². The average Bonchev–Trinajstić information content (AvgIpc) is 2.17. The normalized spacial score (nSPS) is 12.4. The molecule has 0 aliphatic carbocycles. The zero-order valence-corrected chi connectivity index (χ0v) is 9.82. The van der Waals surface area contributed by atoms with E-state index in [9.17, 15) is 9.59 Å². The van der Waals surface area contributed by atoms with Gasteiger partial charge in [0.1, 0.15) is 6.04 Å². The van der Waals surface area contributed by atoms with Gasteiger partial charge in [-0.3, -0.25) is 4.79 Å². The molecule has 0 aromatic rings. The molecule has 0 aromatic carbocycles. The number of likely N-dealkylation sites (N-methyl/N-ethyl adjacent to an activating group) is 1. The van der Waals surface area contributed by atoms with Crippen molar-refractivity contribution in [2.45, 2.75) is 26.3 Å². The van der Waals surface area contributed by atoms with Crippen molar-refractivity contribution >= 4 is 11.9 Å². The second-order valence-electron chi connectivity index (χ2n) is 3.76. The van der Waals surface area contributed by atoms with Crippen molar-refractivity contribution in [1.82, 2.24) is 4.90 Å². The third kappa shape index (κ3) is 3.87. The summed E-state index contributed by atoms with van der Waals surface area (Å²) in [6.45, 7) is 4.02. The molecule has 0 spiro atoms. The van der Waals surface area contributed by atoms with E-state index in [-0.39, 0.29) is 24.8 Å². The molecule has 0 rings (SSSR count). The lowest BCUT2D eigenvalue weighted by Crippen LogP contribution is -2.46. The lowest BCUT2D eigenvalue weighted by Gasteiger charge is -2.28. The van der Waals surface area contributed by atoms with Crippen LogP contribution in [0.3, 0.4) is 0 Å². The Kier molecular flexibility index (Phi) is 5.93. The molecule has 0 radical (unpaired) electrons. The fourth-order valence-corrected chi connectivity index (χ4v) is 1.45. The van der Waals surface area contributed by atoms with E-state index in [4.69, 9.17) is 5.73 Å². The Bertz CT molecular complexity index is 229. The van der Waals surface area contributed by atoms with Gasteiger partial charge in [0, 0.05) is 20.0 Å². The lowest BCUT2D eigenvalue weighted by atomic mass is 10.0. The van der Waals surface area contributed by atoms with Crippen molar-refractivity contribution in [3.8, 4) is 0 Å². The molecule has 0 aliphatic heterocycles. The Morgan fingerprint density at radius 1 is 1.40 bits per heavy atom. The summed E-state index contributed by atoms with van der Waals surface area (Å²) in [5, 5.41) is 0. The van der Waals surface area contributed by atoms with Crippen LogP contribution in [0.2, 0.25) is 0 Å². The smallest absolute Gasteiger partial charge is 0.328 e. The van der Waals surface area contributed by atoms with Gasteiger partial charge in [0.05, 0.1) is 7.11 Å². The summed E-state index contributed by atoms with van der Waals surface area (Å²) in [5.41, 5.74) is 5.29. The van der Waals surface area contributed by atoms with Gasteiger partial charge >= 0.3 is 5.97 Å². The lowest BCUT2D eigenvalue weighted by molar-refractivity contribution is -0.153. The Morgan fingerprint density at radius 2 is 1.93 bits per heavy atom. The third-order valence-corrected chi connectivity index (χ3v) is 2.24. The summed E-state index contributed by atoms with van der Waals surface area (Å²) in [6.07, 6.45) is 0.247. The SMILES string of the molecule is COC(=O)[C@H](C(C)C)N(C)C(=O)CCN. The molecule has 0 saturated heterocycles. The maximum absolute atomic E-state index is 11.5. The second-order valence-corrected chi connectivity index (χ2v) is 3.76. The van der Waals surface area contributed by atoms with E-state index in [1.807, 2.05) is 13.8 Å². The molecule has 0 aromatic heterocycles. The van der Waals surface area contributed by atoms with Gasteiger partial charge in [-0.05, 0) is 5.92 Å². The molecule has 88 valence electrons. The van der Waals surface area contributed by atoms with Crippen LogP contribution in [0.4, 0.5) is 0 Å². The number of nitrogens with two attached hydrogens (primary N) is 1. The van der Waals surface area contributed by atoms with Gasteiger partial charge in [0.25, 0.3) is 0 Å². The van der Waals surface area contributed by atoms with Crippen molar-refractivity contribution in [3.05, 3.63) is 0 Å².